The van der Waals surface area contributed by atoms with Gasteiger partial charge >= 0.3 is 0 Å². The molecule has 2 rings (SSSR count). The van der Waals surface area contributed by atoms with Gasteiger partial charge in [-0.15, -0.1) is 0 Å². The third-order valence-electron chi connectivity index (χ3n) is 1.98. The van der Waals surface area contributed by atoms with E-state index in [4.69, 9.17) is 0 Å². The molecule has 12 heavy (non-hydrogen) atoms. The lowest BCUT2D eigenvalue weighted by Crippen LogP contribution is -2.19. The van der Waals surface area contributed by atoms with E-state index in [1.807, 2.05) is 6.07 Å². The first-order valence-electron chi connectivity index (χ1n) is 4.44. The van der Waals surface area contributed by atoms with Crippen molar-refractivity contribution in [3.63, 3.8) is 0 Å². The summed E-state index contributed by atoms with van der Waals surface area (Å²) in [6.07, 6.45) is 7.21. The molecule has 1 fully saturated rings. The number of hydrogen-bond acceptors (Lipinski definition) is 3. The van der Waals surface area contributed by atoms with Crippen molar-refractivity contribution >= 4 is 0 Å². The van der Waals surface area contributed by atoms with Gasteiger partial charge in [-0.3, -0.25) is 0 Å². The molecule has 1 aliphatic rings. The van der Waals surface area contributed by atoms with Crippen LogP contribution < -0.4 is 5.32 Å². The molecule has 3 nitrogen and oxygen atoms in total. The van der Waals surface area contributed by atoms with Crippen LogP contribution in [-0.4, -0.2) is 22.6 Å². The molecule has 0 aromatic carbocycles. The fourth-order valence-corrected chi connectivity index (χ4v) is 1.13. The van der Waals surface area contributed by atoms with Gasteiger partial charge < -0.3 is 5.32 Å². The van der Waals surface area contributed by atoms with E-state index in [0.29, 0.717) is 0 Å². The van der Waals surface area contributed by atoms with Gasteiger partial charge in [0, 0.05) is 31.4 Å². The van der Waals surface area contributed by atoms with E-state index in [1.165, 1.54) is 12.8 Å². The first-order chi connectivity index (χ1) is 5.95. The second-order valence-corrected chi connectivity index (χ2v) is 3.14. The van der Waals surface area contributed by atoms with Crippen LogP contribution in [0, 0.1) is 0 Å². The Morgan fingerprint density at radius 2 is 2.08 bits per heavy atom. The highest BCUT2D eigenvalue weighted by atomic mass is 15.0. The zero-order valence-electron chi connectivity index (χ0n) is 7.03. The SMILES string of the molecule is c1cnc(CCNC2CC2)nc1. The predicted molar refractivity (Wildman–Crippen MR) is 46.8 cm³/mol. The maximum absolute atomic E-state index is 4.14. The summed E-state index contributed by atoms with van der Waals surface area (Å²) in [7, 11) is 0. The fraction of sp³-hybridized carbons (Fsp3) is 0.556. The summed E-state index contributed by atoms with van der Waals surface area (Å²) in [6.45, 7) is 1.01. The topological polar surface area (TPSA) is 37.8 Å². The summed E-state index contributed by atoms with van der Waals surface area (Å²) in [5, 5.41) is 3.43. The number of rotatable bonds is 4. The first-order valence-corrected chi connectivity index (χ1v) is 4.44. The highest BCUT2D eigenvalue weighted by Gasteiger charge is 2.19. The number of nitrogens with zero attached hydrogens (tertiary/aromatic N) is 2. The fourth-order valence-electron chi connectivity index (χ4n) is 1.13. The zero-order chi connectivity index (χ0) is 8.23. The summed E-state index contributed by atoms with van der Waals surface area (Å²) in [4.78, 5) is 8.29. The first kappa shape index (κ1) is 7.68. The standard InChI is InChI=1S/C9H13N3/c1-5-11-9(12-6-1)4-7-10-8-2-3-8/h1,5-6,8,10H,2-4,7H2. The lowest BCUT2D eigenvalue weighted by atomic mass is 10.4. The Kier molecular flexibility index (Phi) is 2.32. The molecule has 0 atom stereocenters. The number of nitrogens with one attached hydrogen (secondary N) is 1. The molecule has 0 saturated heterocycles. The van der Waals surface area contributed by atoms with Crippen LogP contribution in [0.15, 0.2) is 18.5 Å². The van der Waals surface area contributed by atoms with Crippen LogP contribution in [0.25, 0.3) is 0 Å². The molecule has 0 aliphatic heterocycles. The van der Waals surface area contributed by atoms with Gasteiger partial charge in [-0.2, -0.15) is 0 Å². The van der Waals surface area contributed by atoms with Crippen molar-refractivity contribution in [3.05, 3.63) is 24.3 Å². The third kappa shape index (κ3) is 2.27. The highest BCUT2D eigenvalue weighted by molar-refractivity contribution is 4.90. The summed E-state index contributed by atoms with van der Waals surface area (Å²) in [5.74, 6) is 0.936. The van der Waals surface area contributed by atoms with Crippen LogP contribution in [-0.2, 0) is 6.42 Å². The molecular formula is C9H13N3. The molecule has 1 aromatic rings. The Bertz CT molecular complexity index is 231. The molecule has 3 heteroatoms. The van der Waals surface area contributed by atoms with Gasteiger partial charge in [0.2, 0.25) is 0 Å². The summed E-state index contributed by atoms with van der Waals surface area (Å²) in [5.41, 5.74) is 0. The van der Waals surface area contributed by atoms with Crippen molar-refractivity contribution in [2.45, 2.75) is 25.3 Å². The zero-order valence-corrected chi connectivity index (χ0v) is 7.03. The molecule has 1 saturated carbocycles. The minimum atomic E-state index is 0.786. The molecule has 64 valence electrons. The summed E-state index contributed by atoms with van der Waals surface area (Å²) >= 11 is 0. The van der Waals surface area contributed by atoms with E-state index in [2.05, 4.69) is 15.3 Å². The van der Waals surface area contributed by atoms with Crippen molar-refractivity contribution in [2.75, 3.05) is 6.54 Å². The van der Waals surface area contributed by atoms with Crippen molar-refractivity contribution < 1.29 is 0 Å². The van der Waals surface area contributed by atoms with Crippen LogP contribution in [0.4, 0.5) is 0 Å². The van der Waals surface area contributed by atoms with Gasteiger partial charge in [-0.25, -0.2) is 9.97 Å². The molecule has 0 spiro atoms. The van der Waals surface area contributed by atoms with Gasteiger partial charge in [0.1, 0.15) is 5.82 Å². The average molecular weight is 163 g/mol. The Labute approximate surface area is 72.2 Å². The maximum atomic E-state index is 4.14. The van der Waals surface area contributed by atoms with Crippen molar-refractivity contribution in [1.82, 2.24) is 15.3 Å². The second-order valence-electron chi connectivity index (χ2n) is 3.14. The van der Waals surface area contributed by atoms with Gasteiger partial charge in [0.05, 0.1) is 0 Å². The molecule has 0 bridgehead atoms. The maximum Gasteiger partial charge on any atom is 0.129 e. The normalized spacial score (nSPS) is 16.3. The van der Waals surface area contributed by atoms with Gasteiger partial charge in [0.25, 0.3) is 0 Å². The lowest BCUT2D eigenvalue weighted by molar-refractivity contribution is 0.666. The van der Waals surface area contributed by atoms with Crippen molar-refractivity contribution in [2.24, 2.45) is 0 Å². The summed E-state index contributed by atoms with van der Waals surface area (Å²) in [6, 6.07) is 2.63. The van der Waals surface area contributed by atoms with Crippen LogP contribution >= 0.6 is 0 Å². The lowest BCUT2D eigenvalue weighted by Gasteiger charge is -2.00. The summed E-state index contributed by atoms with van der Waals surface area (Å²) < 4.78 is 0. The van der Waals surface area contributed by atoms with Gasteiger partial charge in [0.15, 0.2) is 0 Å². The predicted octanol–water partition coefficient (Wildman–Crippen LogP) is 0.771. The van der Waals surface area contributed by atoms with Crippen molar-refractivity contribution in [3.8, 4) is 0 Å². The minimum absolute atomic E-state index is 0.786. The molecule has 0 radical (unpaired) electrons. The van der Waals surface area contributed by atoms with Crippen LogP contribution in [0.1, 0.15) is 18.7 Å². The minimum Gasteiger partial charge on any atom is -0.314 e. The average Bonchev–Trinajstić information content (AvgIpc) is 2.90. The number of aromatic nitrogens is 2. The molecule has 1 heterocycles. The highest BCUT2D eigenvalue weighted by Crippen LogP contribution is 2.18. The van der Waals surface area contributed by atoms with E-state index in [0.717, 1.165) is 24.8 Å². The van der Waals surface area contributed by atoms with Gasteiger partial charge in [-0.1, -0.05) is 0 Å². The Morgan fingerprint density at radius 1 is 1.33 bits per heavy atom. The monoisotopic (exact) mass is 163 g/mol. The molecule has 1 aliphatic carbocycles. The van der Waals surface area contributed by atoms with Crippen LogP contribution in [0.3, 0.4) is 0 Å². The van der Waals surface area contributed by atoms with Crippen LogP contribution in [0.5, 0.6) is 0 Å². The Hall–Kier alpha value is -0.960. The van der Waals surface area contributed by atoms with E-state index in [9.17, 15) is 0 Å². The molecule has 0 unspecified atom stereocenters. The smallest absolute Gasteiger partial charge is 0.129 e. The quantitative estimate of drug-likeness (QED) is 0.712. The Balaban J connectivity index is 1.72. The van der Waals surface area contributed by atoms with E-state index in [1.54, 1.807) is 12.4 Å². The molecule has 1 N–H and O–H groups in total. The third-order valence-corrected chi connectivity index (χ3v) is 1.98. The van der Waals surface area contributed by atoms with Gasteiger partial charge in [-0.05, 0) is 18.9 Å². The second kappa shape index (κ2) is 3.63. The van der Waals surface area contributed by atoms with E-state index in [-0.39, 0.29) is 0 Å². The van der Waals surface area contributed by atoms with Crippen molar-refractivity contribution in [1.29, 1.82) is 0 Å². The largest absolute Gasteiger partial charge is 0.314 e. The van der Waals surface area contributed by atoms with E-state index >= 15 is 0 Å². The molecule has 1 aromatic heterocycles. The molecule has 0 amide bonds. The van der Waals surface area contributed by atoms with Crippen LogP contribution in [0.2, 0.25) is 0 Å². The molecular weight excluding hydrogens is 150 g/mol. The number of hydrogen-bond donors (Lipinski definition) is 1. The Morgan fingerprint density at radius 3 is 2.75 bits per heavy atom. The van der Waals surface area contributed by atoms with E-state index < -0.39 is 0 Å².